The van der Waals surface area contributed by atoms with Crippen LogP contribution in [0.1, 0.15) is 221 Å². The Bertz CT molecular complexity index is 5020. The van der Waals surface area contributed by atoms with Crippen LogP contribution in [0, 0.1) is 17.8 Å². The van der Waals surface area contributed by atoms with E-state index in [0.717, 1.165) is 74.6 Å². The van der Waals surface area contributed by atoms with Crippen molar-refractivity contribution in [3.05, 3.63) is 196 Å². The molecule has 0 radical (unpaired) electrons. The number of rotatable bonds is 51. The first-order chi connectivity index (χ1) is 62.2. The molecule has 6 rings (SSSR count). The van der Waals surface area contributed by atoms with Crippen molar-refractivity contribution in [3.8, 4) is 0 Å². The summed E-state index contributed by atoms with van der Waals surface area (Å²) >= 11 is 0. The molecular formula is C96H147N15O18S3. The molecule has 33 nitrogen and oxygen atoms in total. The summed E-state index contributed by atoms with van der Waals surface area (Å²) in [5.41, 5.74) is 11.1. The maximum atomic E-state index is 13.8. The molecule has 9 amide bonds. The van der Waals surface area contributed by atoms with Gasteiger partial charge in [0.2, 0.25) is 47.8 Å². The van der Waals surface area contributed by atoms with Gasteiger partial charge in [0, 0.05) is 172 Å². The summed E-state index contributed by atoms with van der Waals surface area (Å²) in [5.74, 6) is -4.36. The van der Waals surface area contributed by atoms with E-state index >= 15 is 0 Å². The van der Waals surface area contributed by atoms with Crippen molar-refractivity contribution in [1.82, 2.24) is 74.9 Å². The Morgan fingerprint density at radius 1 is 0.311 bits per heavy atom. The number of aliphatic hydroxyl groups excluding tert-OH is 3. The van der Waals surface area contributed by atoms with Gasteiger partial charge in [-0.2, -0.15) is 0 Å². The van der Waals surface area contributed by atoms with E-state index in [1.54, 1.807) is 73.3 Å². The molecule has 0 saturated carbocycles. The third kappa shape index (κ3) is 36.1. The molecule has 6 atom stereocenters. The van der Waals surface area contributed by atoms with Crippen molar-refractivity contribution < 1.29 is 83.7 Å². The molecule has 0 heterocycles. The Labute approximate surface area is 784 Å². The fraction of sp³-hybridized carbons (Fsp3) is 0.531. The smallest absolute Gasteiger partial charge is 0.253 e. The summed E-state index contributed by atoms with van der Waals surface area (Å²) < 4.78 is 82.0. The molecule has 132 heavy (non-hydrogen) atoms. The van der Waals surface area contributed by atoms with Crippen molar-refractivity contribution in [2.24, 2.45) is 17.8 Å². The first-order valence-electron chi connectivity index (χ1n) is 45.5. The van der Waals surface area contributed by atoms with Crippen molar-refractivity contribution >= 4 is 83.2 Å². The van der Waals surface area contributed by atoms with Crippen LogP contribution < -0.4 is 32.2 Å². The van der Waals surface area contributed by atoms with Crippen molar-refractivity contribution in [1.29, 1.82) is 0 Å². The minimum atomic E-state index is -3.99. The molecule has 0 bridgehead atoms. The molecule has 0 aliphatic rings. The minimum absolute atomic E-state index is 0.0119. The number of amides is 9. The molecule has 0 fully saturated rings. The summed E-state index contributed by atoms with van der Waals surface area (Å²) in [4.78, 5) is 123. The average Bonchev–Trinajstić information content (AvgIpc) is 0.797. The lowest BCUT2D eigenvalue weighted by Crippen LogP contribution is -2.54. The van der Waals surface area contributed by atoms with Gasteiger partial charge in [-0.25, -0.2) is 53.2 Å². The monoisotopic (exact) mass is 1890 g/mol. The molecule has 6 aromatic carbocycles. The number of hydrazine groups is 3. The third-order valence-electron chi connectivity index (χ3n) is 21.2. The molecule has 0 aliphatic heterocycles. The van der Waals surface area contributed by atoms with Crippen LogP contribution in [0.25, 0.3) is 0 Å². The Balaban J connectivity index is 0.000000414. The van der Waals surface area contributed by atoms with Gasteiger partial charge in [-0.3, -0.25) is 59.4 Å². The van der Waals surface area contributed by atoms with Crippen LogP contribution in [0.15, 0.2) is 160 Å². The van der Waals surface area contributed by atoms with Crippen LogP contribution in [0.5, 0.6) is 0 Å². The number of hydrogen-bond acceptors (Lipinski definition) is 21. The van der Waals surface area contributed by atoms with E-state index in [1.165, 1.54) is 102 Å². The van der Waals surface area contributed by atoms with Gasteiger partial charge in [0.15, 0.2) is 0 Å². The van der Waals surface area contributed by atoms with E-state index in [0.29, 0.717) is 52.4 Å². The first kappa shape index (κ1) is 114. The van der Waals surface area contributed by atoms with Gasteiger partial charge in [-0.1, -0.05) is 188 Å². The van der Waals surface area contributed by atoms with Crippen molar-refractivity contribution in [2.45, 2.75) is 212 Å². The van der Waals surface area contributed by atoms with Crippen LogP contribution in [0.3, 0.4) is 0 Å². The topological polar surface area (TPSA) is 418 Å². The SMILES string of the molecule is CCCN(CC(O)C(Cc1ccccc1)NC(=O)c1cc(C(=O)N(CCC)CCC)cc(S(=O)(=O)N(C)C)c1)NC(=O)C(C)C.CCCN(CCC)C(=O)c1cc(C(=O)NC(Cc2ccccc2)C(O)CN(C)NC(=O)C(C)C)cc(S(=O)(=O)N(C)C)c1.CCCN(CCC)C(=O)c1cc(C(=O)NC(Cc2ccccc2)C(O)CN(CC)NC(=O)C(C)C)cc(S(=O)(=O)N(C)C)c1. The van der Waals surface area contributed by atoms with Crippen LogP contribution in [0.4, 0.5) is 0 Å². The van der Waals surface area contributed by atoms with Gasteiger partial charge < -0.3 is 46.0 Å². The van der Waals surface area contributed by atoms with Crippen LogP contribution in [-0.4, -0.2) is 294 Å². The first-order valence-corrected chi connectivity index (χ1v) is 49.8. The number of carbonyl (C=O) groups excluding carboxylic acids is 9. The summed E-state index contributed by atoms with van der Waals surface area (Å²) in [7, 11) is -2.03. The lowest BCUT2D eigenvalue weighted by Gasteiger charge is -2.31. The molecule has 0 spiro atoms. The normalized spacial score (nSPS) is 13.2. The van der Waals surface area contributed by atoms with E-state index < -0.39 is 84.2 Å². The molecule has 0 aliphatic carbocycles. The van der Waals surface area contributed by atoms with Crippen LogP contribution in [0.2, 0.25) is 0 Å². The third-order valence-corrected chi connectivity index (χ3v) is 26.6. The maximum Gasteiger partial charge on any atom is 0.253 e. The Morgan fingerprint density at radius 3 is 0.788 bits per heavy atom. The quantitative estimate of drug-likeness (QED) is 0.0161. The van der Waals surface area contributed by atoms with E-state index in [2.05, 4.69) is 32.2 Å². The number of sulfonamides is 3. The predicted octanol–water partition coefficient (Wildman–Crippen LogP) is 8.73. The lowest BCUT2D eigenvalue weighted by molar-refractivity contribution is -0.130. The summed E-state index contributed by atoms with van der Waals surface area (Å²) in [6.45, 7) is 30.1. The van der Waals surface area contributed by atoms with Gasteiger partial charge in [0.25, 0.3) is 35.4 Å². The highest BCUT2D eigenvalue weighted by atomic mass is 32.2. The zero-order valence-electron chi connectivity index (χ0n) is 81.1. The standard InChI is InChI=1S/C33H51N5O6S.C32H49N5O6S.C31H47N5O6S/c1-8-16-37(17-9-2)33(42)27-20-26(21-28(22-27)45(43,44)36(6)7)32(41)34-29(19-25-14-12-11-13-15-25)30(39)23-38(18-10-3)35-31(40)24(4)5;1-8-16-36(17-9-2)32(41)26-19-25(20-27(21-26)44(42,43)35(6)7)31(40)33-28(18-24-14-12-11-13-15-24)29(38)22-37(10-3)34-30(39)23(4)5;1-8-15-36(16-9-2)31(40)25-18-24(19-26(20-25)43(41,42)34(5)6)30(39)32-27(17-23-13-11-10-12-14-23)28(37)21-35(7)33-29(38)22(3)4/h11-15,20-22,24,29-30,39H,8-10,16-19,23H2,1-7H3,(H,34,41)(H,35,40);11-15,19-21,23,28-29,38H,8-10,16-18,22H2,1-7H3,(H,33,40)(H,34,39);10-14,18-20,22,27-28,37H,8-9,15-17,21H2,1-7H3,(H,32,39)(H,33,38). The van der Waals surface area contributed by atoms with Gasteiger partial charge in [0.1, 0.15) is 0 Å². The zero-order valence-corrected chi connectivity index (χ0v) is 83.6. The highest BCUT2D eigenvalue weighted by molar-refractivity contribution is 7.89. The Hall–Kier alpha value is -9.96. The van der Waals surface area contributed by atoms with Crippen LogP contribution >= 0.6 is 0 Å². The second-order valence-electron chi connectivity index (χ2n) is 34.2. The number of nitrogens with zero attached hydrogens (tertiary/aromatic N) is 9. The maximum absolute atomic E-state index is 13.8. The van der Waals surface area contributed by atoms with E-state index in [4.69, 9.17) is 0 Å². The fourth-order valence-corrected chi connectivity index (χ4v) is 16.6. The molecule has 732 valence electrons. The predicted molar refractivity (Wildman–Crippen MR) is 514 cm³/mol. The van der Waals surface area contributed by atoms with Crippen LogP contribution in [-0.2, 0) is 63.7 Å². The zero-order chi connectivity index (χ0) is 99.1. The minimum Gasteiger partial charge on any atom is -0.390 e. The Morgan fingerprint density at radius 2 is 0.545 bits per heavy atom. The number of carbonyl (C=O) groups is 9. The van der Waals surface area contributed by atoms with Gasteiger partial charge in [-0.05, 0) is 135 Å². The molecule has 9 N–H and O–H groups in total. The van der Waals surface area contributed by atoms with E-state index in [9.17, 15) is 83.7 Å². The summed E-state index contributed by atoms with van der Waals surface area (Å²) in [5, 5.41) is 47.3. The molecule has 0 saturated heterocycles. The van der Waals surface area contributed by atoms with Gasteiger partial charge in [0.05, 0.1) is 51.1 Å². The summed E-state index contributed by atoms with van der Waals surface area (Å²) in [6.07, 6.45) is 2.54. The second kappa shape index (κ2) is 56.3. The molecule has 6 unspecified atom stereocenters. The van der Waals surface area contributed by atoms with Gasteiger partial charge in [-0.15, -0.1) is 0 Å². The molecular weight excluding hydrogens is 1750 g/mol. The second-order valence-corrected chi connectivity index (χ2v) is 40.7. The van der Waals surface area contributed by atoms with E-state index in [1.807, 2.05) is 146 Å². The largest absolute Gasteiger partial charge is 0.390 e. The molecule has 6 aromatic rings. The average molecular weight is 1900 g/mol. The molecule has 0 aromatic heterocycles. The number of aliphatic hydroxyl groups is 3. The van der Waals surface area contributed by atoms with E-state index in [-0.39, 0.29) is 140 Å². The molecule has 36 heteroatoms. The fourth-order valence-electron chi connectivity index (χ4n) is 13.7. The number of benzene rings is 6. The van der Waals surface area contributed by atoms with Crippen molar-refractivity contribution in [3.63, 3.8) is 0 Å². The lowest BCUT2D eigenvalue weighted by atomic mass is 10.00. The number of nitrogens with one attached hydrogen (secondary N) is 6. The summed E-state index contributed by atoms with van der Waals surface area (Å²) in [6, 6.07) is 37.4. The van der Waals surface area contributed by atoms with Crippen molar-refractivity contribution in [2.75, 3.05) is 121 Å². The van der Waals surface area contributed by atoms with Gasteiger partial charge >= 0.3 is 0 Å². The number of hydrogen-bond donors (Lipinski definition) is 9. The highest BCUT2D eigenvalue weighted by Gasteiger charge is 2.34. The highest BCUT2D eigenvalue weighted by Crippen LogP contribution is 2.26. The Kier molecular flexibility index (Phi) is 48.8. The number of likely N-dealkylation sites (N-methyl/N-ethyl adjacent to an activating group) is 2.